The molecular weight excluding hydrogens is 376 g/mol. The van der Waals surface area contributed by atoms with Crippen LogP contribution in [0.2, 0.25) is 0 Å². The Balaban J connectivity index is 2.40. The Morgan fingerprint density at radius 1 is 1.07 bits per heavy atom. The van der Waals surface area contributed by atoms with Crippen LogP contribution in [0.1, 0.15) is 13.3 Å². The number of carbonyl (C=O) groups is 1. The van der Waals surface area contributed by atoms with Gasteiger partial charge in [0.15, 0.2) is 9.84 Å². The van der Waals surface area contributed by atoms with Crippen LogP contribution >= 0.6 is 0 Å². The first-order valence-corrected chi connectivity index (χ1v) is 10.0. The molecule has 1 aliphatic heterocycles. The molecule has 1 aromatic heterocycles. The summed E-state index contributed by atoms with van der Waals surface area (Å²) in [5.41, 5.74) is -3.67. The second-order valence-electron chi connectivity index (χ2n) is 6.68. The van der Waals surface area contributed by atoms with Crippen molar-refractivity contribution in [1.82, 2.24) is 19.0 Å². The Bertz CT molecular complexity index is 1010. The Hall–Kier alpha value is -2.69. The molecule has 0 unspecified atom stereocenters. The van der Waals surface area contributed by atoms with Crippen LogP contribution in [0.3, 0.4) is 0 Å². The number of amides is 1. The maximum atomic E-state index is 12.5. The molecule has 0 spiro atoms. The van der Waals surface area contributed by atoms with E-state index >= 15 is 0 Å². The summed E-state index contributed by atoms with van der Waals surface area (Å²) in [6.07, 6.45) is 2.88. The first kappa shape index (κ1) is 20.6. The molecule has 1 amide bonds. The molecule has 0 bridgehead atoms. The van der Waals surface area contributed by atoms with Gasteiger partial charge < -0.3 is 5.32 Å². The highest BCUT2D eigenvalue weighted by Crippen LogP contribution is 2.22. The zero-order valence-corrected chi connectivity index (χ0v) is 15.8. The molecule has 2 heterocycles. The lowest BCUT2D eigenvalue weighted by molar-refractivity contribution is -0.123. The molecule has 27 heavy (non-hydrogen) atoms. The SMILES string of the molecule is C=CCn1c(=O)n(CC=C)c(=O)n(CC(=O)N[C@@]2(C)CCS(=O)(=O)C2)c1=O. The van der Waals surface area contributed by atoms with Crippen LogP contribution in [0.15, 0.2) is 39.7 Å². The number of hydrogen-bond acceptors (Lipinski definition) is 6. The van der Waals surface area contributed by atoms with E-state index in [-0.39, 0.29) is 31.0 Å². The van der Waals surface area contributed by atoms with E-state index in [2.05, 4.69) is 18.5 Å². The molecule has 1 atom stereocenters. The van der Waals surface area contributed by atoms with Gasteiger partial charge in [-0.1, -0.05) is 12.2 Å². The largest absolute Gasteiger partial charge is 0.348 e. The summed E-state index contributed by atoms with van der Waals surface area (Å²) in [6, 6.07) is 0. The fourth-order valence-corrected chi connectivity index (χ4v) is 5.11. The molecule has 0 aliphatic carbocycles. The number of hydrogen-bond donors (Lipinski definition) is 1. The molecule has 0 aromatic carbocycles. The van der Waals surface area contributed by atoms with Crippen molar-refractivity contribution in [2.45, 2.75) is 38.5 Å². The molecule has 11 heteroatoms. The van der Waals surface area contributed by atoms with Gasteiger partial charge in [0, 0.05) is 0 Å². The van der Waals surface area contributed by atoms with Crippen LogP contribution in [-0.4, -0.2) is 45.1 Å². The highest BCUT2D eigenvalue weighted by Gasteiger charge is 2.39. The van der Waals surface area contributed by atoms with Crippen LogP contribution in [0.25, 0.3) is 0 Å². The average Bonchev–Trinajstić information content (AvgIpc) is 2.85. The quantitative estimate of drug-likeness (QED) is 0.542. The first-order chi connectivity index (χ1) is 12.5. The maximum Gasteiger partial charge on any atom is 0.337 e. The lowest BCUT2D eigenvalue weighted by Gasteiger charge is -2.24. The summed E-state index contributed by atoms with van der Waals surface area (Å²) < 4.78 is 25.5. The van der Waals surface area contributed by atoms with Gasteiger partial charge in [-0.05, 0) is 13.3 Å². The van der Waals surface area contributed by atoms with Gasteiger partial charge in [-0.3, -0.25) is 4.79 Å². The van der Waals surface area contributed by atoms with Gasteiger partial charge >= 0.3 is 17.1 Å². The Labute approximate surface area is 155 Å². The highest BCUT2D eigenvalue weighted by atomic mass is 32.2. The van der Waals surface area contributed by atoms with Gasteiger partial charge in [0.1, 0.15) is 6.54 Å². The highest BCUT2D eigenvalue weighted by molar-refractivity contribution is 7.91. The summed E-state index contributed by atoms with van der Waals surface area (Å²) in [5, 5.41) is 2.58. The van der Waals surface area contributed by atoms with E-state index in [1.165, 1.54) is 12.2 Å². The number of sulfone groups is 1. The molecule has 2 rings (SSSR count). The molecule has 1 saturated heterocycles. The first-order valence-electron chi connectivity index (χ1n) is 8.21. The maximum absolute atomic E-state index is 12.5. The number of nitrogens with zero attached hydrogens (tertiary/aromatic N) is 3. The van der Waals surface area contributed by atoms with Crippen LogP contribution in [0.5, 0.6) is 0 Å². The summed E-state index contributed by atoms with van der Waals surface area (Å²) in [5.74, 6) is -0.944. The normalized spacial score (nSPS) is 20.9. The number of nitrogens with one attached hydrogen (secondary N) is 1. The zero-order valence-electron chi connectivity index (χ0n) is 15.0. The van der Waals surface area contributed by atoms with Crippen molar-refractivity contribution >= 4 is 15.7 Å². The van der Waals surface area contributed by atoms with Gasteiger partial charge in [-0.25, -0.2) is 36.5 Å². The minimum Gasteiger partial charge on any atom is -0.348 e. The van der Waals surface area contributed by atoms with Crippen molar-refractivity contribution in [3.05, 3.63) is 56.8 Å². The average molecular weight is 398 g/mol. The standard InChI is InChI=1S/C16H22N4O6S/c1-4-7-18-13(22)19(8-5-2)15(24)20(14(18)23)10-12(21)17-16(3)6-9-27(25,26)11-16/h4-5H,1-2,6-11H2,3H3,(H,17,21)/t16-/m0/s1. The smallest absolute Gasteiger partial charge is 0.337 e. The minimum atomic E-state index is -3.24. The summed E-state index contributed by atoms with van der Waals surface area (Å²) >= 11 is 0. The summed E-state index contributed by atoms with van der Waals surface area (Å²) in [6.45, 7) is 7.62. The van der Waals surface area contributed by atoms with E-state index in [0.717, 1.165) is 9.13 Å². The Morgan fingerprint density at radius 2 is 1.56 bits per heavy atom. The van der Waals surface area contributed by atoms with Crippen molar-refractivity contribution in [3.8, 4) is 0 Å². The number of allylic oxidation sites excluding steroid dienone is 2. The van der Waals surface area contributed by atoms with Gasteiger partial charge in [-0.2, -0.15) is 0 Å². The predicted octanol–water partition coefficient (Wildman–Crippen LogP) is -1.76. The lowest BCUT2D eigenvalue weighted by Crippen LogP contribution is -2.56. The van der Waals surface area contributed by atoms with Crippen molar-refractivity contribution in [2.24, 2.45) is 0 Å². The van der Waals surface area contributed by atoms with Gasteiger partial charge in [0.2, 0.25) is 5.91 Å². The minimum absolute atomic E-state index is 0.0416. The molecule has 148 valence electrons. The second-order valence-corrected chi connectivity index (χ2v) is 8.87. The van der Waals surface area contributed by atoms with E-state index in [1.54, 1.807) is 6.92 Å². The Kier molecular flexibility index (Phi) is 5.73. The van der Waals surface area contributed by atoms with E-state index in [1.807, 2.05) is 0 Å². The van der Waals surface area contributed by atoms with Crippen LogP contribution in [-0.2, 0) is 34.3 Å². The van der Waals surface area contributed by atoms with E-state index in [9.17, 15) is 27.6 Å². The van der Waals surface area contributed by atoms with E-state index in [4.69, 9.17) is 0 Å². The van der Waals surface area contributed by atoms with E-state index < -0.39 is 44.9 Å². The van der Waals surface area contributed by atoms with Crippen LogP contribution in [0.4, 0.5) is 0 Å². The van der Waals surface area contributed by atoms with Crippen LogP contribution < -0.4 is 22.4 Å². The fourth-order valence-electron chi connectivity index (χ4n) is 3.02. The lowest BCUT2D eigenvalue weighted by atomic mass is 10.0. The van der Waals surface area contributed by atoms with Crippen molar-refractivity contribution in [1.29, 1.82) is 0 Å². The Morgan fingerprint density at radius 3 is 1.96 bits per heavy atom. The van der Waals surface area contributed by atoms with Crippen LogP contribution in [0, 0.1) is 0 Å². The summed E-state index contributed by atoms with van der Waals surface area (Å²) in [4.78, 5) is 49.6. The monoisotopic (exact) mass is 398 g/mol. The predicted molar refractivity (Wildman–Crippen MR) is 99.4 cm³/mol. The molecule has 1 aliphatic rings. The van der Waals surface area contributed by atoms with Crippen molar-refractivity contribution in [2.75, 3.05) is 11.5 Å². The molecule has 0 saturated carbocycles. The molecule has 10 nitrogen and oxygen atoms in total. The van der Waals surface area contributed by atoms with Crippen molar-refractivity contribution < 1.29 is 13.2 Å². The zero-order chi connectivity index (χ0) is 20.4. The number of carbonyl (C=O) groups excluding carboxylic acids is 1. The second kappa shape index (κ2) is 7.51. The van der Waals surface area contributed by atoms with Gasteiger partial charge in [-0.15, -0.1) is 13.2 Å². The third kappa shape index (κ3) is 4.35. The third-order valence-corrected chi connectivity index (χ3v) is 6.16. The molecule has 1 fully saturated rings. The number of aromatic nitrogens is 3. The number of rotatable bonds is 7. The molecular formula is C16H22N4O6S. The molecule has 1 N–H and O–H groups in total. The van der Waals surface area contributed by atoms with Gasteiger partial charge in [0.25, 0.3) is 0 Å². The van der Waals surface area contributed by atoms with Gasteiger partial charge in [0.05, 0.1) is 30.1 Å². The van der Waals surface area contributed by atoms with Crippen molar-refractivity contribution in [3.63, 3.8) is 0 Å². The molecule has 0 radical (unpaired) electrons. The topological polar surface area (TPSA) is 129 Å². The summed E-state index contributed by atoms with van der Waals surface area (Å²) in [7, 11) is -3.24. The fraction of sp³-hybridized carbons (Fsp3) is 0.500. The molecule has 1 aromatic rings. The van der Waals surface area contributed by atoms with E-state index in [0.29, 0.717) is 4.57 Å². The third-order valence-electron chi connectivity index (χ3n) is 4.26.